The zero-order chi connectivity index (χ0) is 26.2. The number of fused-ring (bicyclic) bond motifs is 20. The molecule has 0 aromatic heterocycles. The van der Waals surface area contributed by atoms with Gasteiger partial charge in [0.1, 0.15) is 0 Å². The molecule has 0 aromatic rings. The van der Waals surface area contributed by atoms with Gasteiger partial charge in [-0.3, -0.25) is 42.5 Å². The molecule has 16 unspecified atom stereocenters. The Morgan fingerprint density at radius 2 is 0.585 bits per heavy atom. The van der Waals surface area contributed by atoms with Crippen LogP contribution in [-0.4, -0.2) is 49.3 Å². The topological polar surface area (TPSA) is 96.2 Å². The summed E-state index contributed by atoms with van der Waals surface area (Å²) in [6.45, 7) is 0. The third kappa shape index (κ3) is 5.07. The maximum Gasteiger partial charge on any atom is 0.0628 e. The molecule has 5 aliphatic heterocycles. The molecule has 16 atom stereocenters. The van der Waals surface area contributed by atoms with E-state index in [4.69, 9.17) is 0 Å². The first kappa shape index (κ1) is 28.8. The molecule has 5 saturated heterocycles. The van der Waals surface area contributed by atoms with E-state index < -0.39 is 0 Å². The van der Waals surface area contributed by atoms with Crippen LogP contribution in [0.1, 0.15) is 96.3 Å². The minimum atomic E-state index is 0. The van der Waals surface area contributed by atoms with Crippen molar-refractivity contribution in [2.24, 2.45) is 47.3 Å². The molecule has 8 N–H and O–H groups in total. The molecule has 0 radical (unpaired) electrons. The molecule has 9 aliphatic rings. The van der Waals surface area contributed by atoms with E-state index in [2.05, 4.69) is 49.0 Å². The molecule has 0 spiro atoms. The van der Waals surface area contributed by atoms with Gasteiger partial charge in [0.15, 0.2) is 0 Å². The maximum absolute atomic E-state index is 4.25. The van der Waals surface area contributed by atoms with Crippen molar-refractivity contribution in [2.75, 3.05) is 0 Å². The molecule has 8 bridgehead atoms. The van der Waals surface area contributed by atoms with E-state index in [9.17, 15) is 0 Å². The summed E-state index contributed by atoms with van der Waals surface area (Å²) in [7, 11) is 0. The van der Waals surface area contributed by atoms with Crippen molar-refractivity contribution in [3.8, 4) is 0 Å². The van der Waals surface area contributed by atoms with Gasteiger partial charge in [-0.1, -0.05) is 51.4 Å². The second-order valence-corrected chi connectivity index (χ2v) is 15.4. The number of hydrogen-bond donors (Lipinski definition) is 8. The zero-order valence-corrected chi connectivity index (χ0v) is 26.5. The average Bonchev–Trinajstić information content (AvgIpc) is 3.73. The van der Waals surface area contributed by atoms with Crippen molar-refractivity contribution in [3.05, 3.63) is 6.42 Å². The molecule has 41 heavy (non-hydrogen) atoms. The van der Waals surface area contributed by atoms with Gasteiger partial charge in [-0.2, -0.15) is 6.42 Å². The van der Waals surface area contributed by atoms with Crippen molar-refractivity contribution < 1.29 is 21.7 Å². The summed E-state index contributed by atoms with van der Waals surface area (Å²) in [4.78, 5) is 0. The third-order valence-corrected chi connectivity index (χ3v) is 13.6. The number of hydrogen-bond acceptors (Lipinski definition) is 8. The first-order valence-electron chi connectivity index (χ1n) is 17.7. The Morgan fingerprint density at radius 3 is 0.927 bits per heavy atom. The van der Waals surface area contributed by atoms with Crippen LogP contribution in [0, 0.1) is 53.8 Å². The standard InChI is InChI=1S/C32H55N8.Ti/c1-2-10-18-17(9-1)25-33-26(18)38-28-21-13-5-6-14-22(21)30(35-28)40-32-24-16-8-7-15-23(24)31(36-32)39-29-20-12-4-3-11-19(20)27(34-29)37-25;/h9,17-40H,1-8,10-16H2;/q-1;. The smallest absolute Gasteiger partial charge is 0.0628 e. The van der Waals surface area contributed by atoms with Gasteiger partial charge in [-0.25, -0.2) is 0 Å². The van der Waals surface area contributed by atoms with Crippen molar-refractivity contribution in [1.82, 2.24) is 42.5 Å². The molecule has 9 rings (SSSR count). The first-order chi connectivity index (χ1) is 19.8. The summed E-state index contributed by atoms with van der Waals surface area (Å²) in [5, 5.41) is 33.7. The van der Waals surface area contributed by atoms with Crippen molar-refractivity contribution in [2.45, 2.75) is 146 Å². The summed E-state index contributed by atoms with van der Waals surface area (Å²) in [5.41, 5.74) is 0. The average molecular weight is 600 g/mol. The Kier molecular flexibility index (Phi) is 8.41. The molecule has 4 saturated carbocycles. The quantitative estimate of drug-likeness (QED) is 0.159. The third-order valence-electron chi connectivity index (χ3n) is 13.6. The Labute approximate surface area is 262 Å². The molecule has 0 amide bonds. The van der Waals surface area contributed by atoms with E-state index in [0.717, 1.165) is 35.5 Å². The van der Waals surface area contributed by atoms with E-state index >= 15 is 0 Å². The van der Waals surface area contributed by atoms with Gasteiger partial charge in [0, 0.05) is 27.9 Å². The molecule has 4 aliphatic carbocycles. The SMILES string of the molecule is [CH-]1CCCC2C3NC(NC4NC(NC5NC(NC6NC(N3)C3CCCCC63)C3CCCCC53)C3CCCCC43)C12.[Ti]. The van der Waals surface area contributed by atoms with E-state index in [-0.39, 0.29) is 21.7 Å². The van der Waals surface area contributed by atoms with Gasteiger partial charge >= 0.3 is 0 Å². The fourth-order valence-corrected chi connectivity index (χ4v) is 11.7. The molecule has 228 valence electrons. The van der Waals surface area contributed by atoms with Crippen LogP contribution in [0.4, 0.5) is 0 Å². The van der Waals surface area contributed by atoms with E-state index in [1.165, 1.54) is 96.3 Å². The fraction of sp³-hybridized carbons (Fsp3) is 0.969. The predicted molar refractivity (Wildman–Crippen MR) is 157 cm³/mol. The van der Waals surface area contributed by atoms with Crippen molar-refractivity contribution in [3.63, 3.8) is 0 Å². The first-order valence-corrected chi connectivity index (χ1v) is 17.7. The van der Waals surface area contributed by atoms with Crippen LogP contribution in [-0.2, 0) is 21.7 Å². The molecular formula is C32H55N8Ti-. The van der Waals surface area contributed by atoms with Crippen LogP contribution < -0.4 is 42.5 Å². The van der Waals surface area contributed by atoms with Gasteiger partial charge in [-0.05, 0) is 80.0 Å². The fourth-order valence-electron chi connectivity index (χ4n) is 11.7. The van der Waals surface area contributed by atoms with Crippen LogP contribution in [0.5, 0.6) is 0 Å². The van der Waals surface area contributed by atoms with Gasteiger partial charge in [0.25, 0.3) is 0 Å². The van der Waals surface area contributed by atoms with Crippen molar-refractivity contribution >= 4 is 0 Å². The largest absolute Gasteiger partial charge is 0.322 e. The second kappa shape index (κ2) is 12.0. The van der Waals surface area contributed by atoms with E-state index in [0.29, 0.717) is 61.2 Å². The molecule has 9 fully saturated rings. The Bertz CT molecular complexity index is 716. The maximum atomic E-state index is 4.25. The summed E-state index contributed by atoms with van der Waals surface area (Å²) in [5.74, 6) is 5.74. The minimum absolute atomic E-state index is 0. The van der Waals surface area contributed by atoms with Crippen LogP contribution in [0.3, 0.4) is 0 Å². The summed E-state index contributed by atoms with van der Waals surface area (Å²) in [6, 6.07) is 0. The molecule has 9 heteroatoms. The van der Waals surface area contributed by atoms with E-state index in [1.54, 1.807) is 0 Å². The van der Waals surface area contributed by atoms with Gasteiger partial charge < -0.3 is 6.42 Å². The Balaban J connectivity index is 0.00000256. The van der Waals surface area contributed by atoms with Gasteiger partial charge in [0.2, 0.25) is 0 Å². The minimum Gasteiger partial charge on any atom is -0.322 e. The second-order valence-electron chi connectivity index (χ2n) is 15.4. The summed E-state index contributed by atoms with van der Waals surface area (Å²) >= 11 is 0. The molecule has 5 heterocycles. The molecule has 0 aromatic carbocycles. The predicted octanol–water partition coefficient (Wildman–Crippen LogP) is 2.42. The van der Waals surface area contributed by atoms with Crippen LogP contribution >= 0.6 is 0 Å². The van der Waals surface area contributed by atoms with E-state index in [1.807, 2.05) is 0 Å². The Hall–Kier alpha value is 0.394. The van der Waals surface area contributed by atoms with Gasteiger partial charge in [-0.15, -0.1) is 5.92 Å². The van der Waals surface area contributed by atoms with Crippen LogP contribution in [0.2, 0.25) is 0 Å². The van der Waals surface area contributed by atoms with Crippen LogP contribution in [0.25, 0.3) is 0 Å². The molecule has 8 nitrogen and oxygen atoms in total. The number of rotatable bonds is 0. The number of nitrogens with one attached hydrogen (secondary N) is 8. The molecular weight excluding hydrogens is 544 g/mol. The van der Waals surface area contributed by atoms with Crippen LogP contribution in [0.15, 0.2) is 0 Å². The zero-order valence-electron chi connectivity index (χ0n) is 24.9. The summed E-state index contributed by atoms with van der Waals surface area (Å²) in [6.07, 6.45) is 26.4. The normalized spacial score (nSPS) is 56.2. The van der Waals surface area contributed by atoms with Crippen molar-refractivity contribution in [1.29, 1.82) is 0 Å². The van der Waals surface area contributed by atoms with Gasteiger partial charge in [0.05, 0.1) is 43.2 Å². The summed E-state index contributed by atoms with van der Waals surface area (Å²) < 4.78 is 0. The monoisotopic (exact) mass is 599 g/mol. The Morgan fingerprint density at radius 1 is 0.317 bits per heavy atom.